The highest BCUT2D eigenvalue weighted by atomic mass is 16.2. The summed E-state index contributed by atoms with van der Waals surface area (Å²) in [5.74, 6) is -1.01. The van der Waals surface area contributed by atoms with E-state index in [1.807, 2.05) is 30.1 Å². The topological polar surface area (TPSA) is 132 Å². The first kappa shape index (κ1) is 23.9. The van der Waals surface area contributed by atoms with Gasteiger partial charge < -0.3 is 15.1 Å². The van der Waals surface area contributed by atoms with E-state index in [1.54, 1.807) is 29.3 Å². The number of benzene rings is 1. The highest BCUT2D eigenvalue weighted by Crippen LogP contribution is 2.34. The van der Waals surface area contributed by atoms with Crippen LogP contribution in [0.3, 0.4) is 0 Å². The number of fused-ring (bicyclic) bond motifs is 1. The van der Waals surface area contributed by atoms with E-state index in [4.69, 9.17) is 0 Å². The van der Waals surface area contributed by atoms with Crippen LogP contribution in [-0.2, 0) is 14.4 Å². The van der Waals surface area contributed by atoms with E-state index in [2.05, 4.69) is 20.5 Å². The summed E-state index contributed by atoms with van der Waals surface area (Å²) in [4.78, 5) is 58.4. The molecule has 1 aliphatic heterocycles. The standard InChI is InChI=1S/C24H27N7O4/c1-29(16-32)23(35)24(30(2)18-6-7-19-17(13-18)14-27-28-19)8-11-31(12-9-24)21(33)15-26-22(34)20-5-3-4-10-25-20/h3-7,10,13-14,16H,8-9,11-12,15H2,1-2H3,(H,26,34)(H,27,28). The van der Waals surface area contributed by atoms with E-state index in [9.17, 15) is 19.2 Å². The molecule has 2 aromatic heterocycles. The van der Waals surface area contributed by atoms with E-state index in [-0.39, 0.29) is 24.1 Å². The predicted octanol–water partition coefficient (Wildman–Crippen LogP) is 0.800. The summed E-state index contributed by atoms with van der Waals surface area (Å²) < 4.78 is 0. The van der Waals surface area contributed by atoms with Crippen molar-refractivity contribution in [3.8, 4) is 0 Å². The summed E-state index contributed by atoms with van der Waals surface area (Å²) in [5, 5.41) is 10.4. The van der Waals surface area contributed by atoms with Crippen LogP contribution < -0.4 is 10.2 Å². The van der Waals surface area contributed by atoms with Crippen molar-refractivity contribution in [2.75, 3.05) is 38.6 Å². The lowest BCUT2D eigenvalue weighted by Crippen LogP contribution is -2.63. The van der Waals surface area contributed by atoms with Crippen LogP contribution in [0, 0.1) is 0 Å². The highest BCUT2D eigenvalue weighted by Gasteiger charge is 2.47. The predicted molar refractivity (Wildman–Crippen MR) is 128 cm³/mol. The third-order valence-electron chi connectivity index (χ3n) is 6.57. The number of piperidine rings is 1. The molecule has 0 bridgehead atoms. The molecular weight excluding hydrogens is 450 g/mol. The third-order valence-corrected chi connectivity index (χ3v) is 6.57. The molecule has 0 aliphatic carbocycles. The molecular formula is C24H27N7O4. The Labute approximate surface area is 202 Å². The minimum Gasteiger partial charge on any atom is -0.360 e. The van der Waals surface area contributed by atoms with Gasteiger partial charge in [-0.25, -0.2) is 0 Å². The number of aromatic amines is 1. The normalized spacial score (nSPS) is 14.9. The van der Waals surface area contributed by atoms with Gasteiger partial charge in [-0.1, -0.05) is 6.07 Å². The minimum atomic E-state index is -1.01. The van der Waals surface area contributed by atoms with Crippen LogP contribution in [-0.4, -0.2) is 88.4 Å². The fourth-order valence-corrected chi connectivity index (χ4v) is 4.44. The zero-order valence-corrected chi connectivity index (χ0v) is 19.6. The fourth-order valence-electron chi connectivity index (χ4n) is 4.44. The van der Waals surface area contributed by atoms with Crippen LogP contribution in [0.2, 0.25) is 0 Å². The quantitative estimate of drug-likeness (QED) is 0.481. The maximum absolute atomic E-state index is 13.4. The number of hydrogen-bond donors (Lipinski definition) is 2. The summed E-state index contributed by atoms with van der Waals surface area (Å²) in [6, 6.07) is 10.7. The molecule has 0 saturated carbocycles. The number of amides is 4. The first-order chi connectivity index (χ1) is 16.9. The number of carbonyl (C=O) groups is 4. The Kier molecular flexibility index (Phi) is 6.76. The SMILES string of the molecule is CN(C=O)C(=O)C1(N(C)c2ccc3[nH]ncc3c2)CCN(C(=O)CNC(=O)c2ccccn2)CC1. The van der Waals surface area contributed by atoms with Gasteiger partial charge in [-0.15, -0.1) is 0 Å². The number of likely N-dealkylation sites (tertiary alicyclic amines) is 1. The first-order valence-corrected chi connectivity index (χ1v) is 11.2. The van der Waals surface area contributed by atoms with E-state index in [0.29, 0.717) is 32.3 Å². The van der Waals surface area contributed by atoms with Gasteiger partial charge in [-0.05, 0) is 43.2 Å². The maximum Gasteiger partial charge on any atom is 0.270 e. The van der Waals surface area contributed by atoms with Gasteiger partial charge in [-0.2, -0.15) is 5.10 Å². The number of rotatable bonds is 7. The zero-order valence-electron chi connectivity index (χ0n) is 19.6. The molecule has 2 N–H and O–H groups in total. The summed E-state index contributed by atoms with van der Waals surface area (Å²) >= 11 is 0. The Balaban J connectivity index is 1.48. The van der Waals surface area contributed by atoms with Gasteiger partial charge in [0.15, 0.2) is 0 Å². The van der Waals surface area contributed by atoms with E-state index >= 15 is 0 Å². The lowest BCUT2D eigenvalue weighted by Gasteiger charge is -2.47. The van der Waals surface area contributed by atoms with Crippen molar-refractivity contribution in [1.29, 1.82) is 0 Å². The van der Waals surface area contributed by atoms with Gasteiger partial charge in [0.25, 0.3) is 11.8 Å². The number of aromatic nitrogens is 3. The zero-order chi connectivity index (χ0) is 25.0. The molecule has 0 atom stereocenters. The van der Waals surface area contributed by atoms with Gasteiger partial charge in [0.1, 0.15) is 11.2 Å². The summed E-state index contributed by atoms with van der Waals surface area (Å²) in [7, 11) is 3.26. The van der Waals surface area contributed by atoms with Gasteiger partial charge in [-0.3, -0.25) is 34.2 Å². The third kappa shape index (κ3) is 4.70. The molecule has 1 aromatic carbocycles. The second-order valence-corrected chi connectivity index (χ2v) is 8.53. The molecule has 4 rings (SSSR count). The van der Waals surface area contributed by atoms with Crippen molar-refractivity contribution >= 4 is 40.7 Å². The summed E-state index contributed by atoms with van der Waals surface area (Å²) in [5.41, 5.74) is 0.896. The van der Waals surface area contributed by atoms with Gasteiger partial charge in [0, 0.05) is 44.5 Å². The van der Waals surface area contributed by atoms with Crippen molar-refractivity contribution < 1.29 is 19.2 Å². The molecule has 182 valence electrons. The van der Waals surface area contributed by atoms with Crippen molar-refractivity contribution in [2.45, 2.75) is 18.4 Å². The molecule has 35 heavy (non-hydrogen) atoms. The summed E-state index contributed by atoms with van der Waals surface area (Å²) in [6.45, 7) is 0.432. The van der Waals surface area contributed by atoms with Gasteiger partial charge >= 0.3 is 0 Å². The number of likely N-dealkylation sites (N-methyl/N-ethyl adjacent to an activating group) is 2. The molecule has 3 aromatic rings. The molecule has 0 unspecified atom stereocenters. The van der Waals surface area contributed by atoms with E-state index in [0.717, 1.165) is 21.5 Å². The maximum atomic E-state index is 13.4. The lowest BCUT2D eigenvalue weighted by atomic mass is 9.83. The minimum absolute atomic E-state index is 0.169. The molecule has 4 amide bonds. The second-order valence-electron chi connectivity index (χ2n) is 8.53. The molecule has 11 nitrogen and oxygen atoms in total. The number of pyridine rings is 1. The Bertz CT molecular complexity index is 1230. The highest BCUT2D eigenvalue weighted by molar-refractivity contribution is 5.97. The van der Waals surface area contributed by atoms with Crippen molar-refractivity contribution in [3.63, 3.8) is 0 Å². The lowest BCUT2D eigenvalue weighted by molar-refractivity contribution is -0.144. The van der Waals surface area contributed by atoms with Gasteiger partial charge in [0.05, 0.1) is 18.3 Å². The Morgan fingerprint density at radius 1 is 1.17 bits per heavy atom. The number of carbonyl (C=O) groups excluding carboxylic acids is 4. The van der Waals surface area contributed by atoms with E-state index < -0.39 is 11.4 Å². The first-order valence-electron chi connectivity index (χ1n) is 11.2. The smallest absolute Gasteiger partial charge is 0.270 e. The molecule has 11 heteroatoms. The average molecular weight is 478 g/mol. The average Bonchev–Trinajstić information content (AvgIpc) is 3.38. The Hall–Kier alpha value is -4.28. The number of anilines is 1. The number of hydrogen-bond acceptors (Lipinski definition) is 7. The molecule has 0 spiro atoms. The fraction of sp³-hybridized carbons (Fsp3) is 0.333. The molecule has 0 radical (unpaired) electrons. The van der Waals surface area contributed by atoms with Crippen molar-refractivity contribution in [2.24, 2.45) is 0 Å². The van der Waals surface area contributed by atoms with Crippen molar-refractivity contribution in [3.05, 3.63) is 54.5 Å². The van der Waals surface area contributed by atoms with Crippen LogP contribution in [0.5, 0.6) is 0 Å². The largest absolute Gasteiger partial charge is 0.360 e. The molecule has 3 heterocycles. The second kappa shape index (κ2) is 9.92. The Morgan fingerprint density at radius 3 is 2.63 bits per heavy atom. The van der Waals surface area contributed by atoms with Crippen LogP contribution in [0.1, 0.15) is 23.3 Å². The Morgan fingerprint density at radius 2 is 1.94 bits per heavy atom. The summed E-state index contributed by atoms with van der Waals surface area (Å²) in [6.07, 6.45) is 4.37. The molecule has 1 fully saturated rings. The number of H-pyrrole nitrogens is 1. The molecule has 1 aliphatic rings. The van der Waals surface area contributed by atoms with Crippen LogP contribution >= 0.6 is 0 Å². The van der Waals surface area contributed by atoms with Crippen LogP contribution in [0.15, 0.2) is 48.8 Å². The molecule has 1 saturated heterocycles. The van der Waals surface area contributed by atoms with E-state index in [1.165, 1.54) is 13.2 Å². The monoisotopic (exact) mass is 477 g/mol. The van der Waals surface area contributed by atoms with Crippen molar-refractivity contribution in [1.82, 2.24) is 30.3 Å². The van der Waals surface area contributed by atoms with Crippen LogP contribution in [0.4, 0.5) is 5.69 Å². The number of imide groups is 1. The number of nitrogens with one attached hydrogen (secondary N) is 2. The van der Waals surface area contributed by atoms with Gasteiger partial charge in [0.2, 0.25) is 12.3 Å². The number of nitrogens with zero attached hydrogens (tertiary/aromatic N) is 5. The van der Waals surface area contributed by atoms with Crippen LogP contribution in [0.25, 0.3) is 10.9 Å².